The molecule has 1 aliphatic rings. The standard InChI is InChI=1S/C14H21N.ClH/c1-10-7-8-11(2)13(9-10)14(15)12-5-3-4-6-12;/h7-9,12,14H,3-6,15H2,1-2H3;1H/t14-;/m1./s1. The third-order valence-electron chi connectivity index (χ3n) is 3.70. The Morgan fingerprint density at radius 1 is 1.19 bits per heavy atom. The minimum atomic E-state index is 0. The van der Waals surface area contributed by atoms with E-state index in [0.717, 1.165) is 0 Å². The van der Waals surface area contributed by atoms with Gasteiger partial charge >= 0.3 is 0 Å². The van der Waals surface area contributed by atoms with E-state index in [1.807, 2.05) is 0 Å². The minimum Gasteiger partial charge on any atom is -0.324 e. The molecule has 1 atom stereocenters. The summed E-state index contributed by atoms with van der Waals surface area (Å²) in [6, 6.07) is 6.88. The van der Waals surface area contributed by atoms with Gasteiger partial charge in [0.25, 0.3) is 0 Å². The predicted octanol–water partition coefficient (Wildman–Crippen LogP) is 3.92. The average molecular weight is 240 g/mol. The first kappa shape index (κ1) is 13.5. The molecular weight excluding hydrogens is 218 g/mol. The van der Waals surface area contributed by atoms with E-state index in [0.29, 0.717) is 5.92 Å². The second-order valence-electron chi connectivity index (χ2n) is 4.93. The first-order chi connectivity index (χ1) is 7.18. The van der Waals surface area contributed by atoms with Crippen molar-refractivity contribution in [1.82, 2.24) is 0 Å². The third-order valence-corrected chi connectivity index (χ3v) is 3.70. The molecule has 0 amide bonds. The summed E-state index contributed by atoms with van der Waals surface area (Å²) in [5.41, 5.74) is 10.4. The van der Waals surface area contributed by atoms with Crippen LogP contribution in [0.2, 0.25) is 0 Å². The van der Waals surface area contributed by atoms with Gasteiger partial charge in [0.2, 0.25) is 0 Å². The lowest BCUT2D eigenvalue weighted by Gasteiger charge is -2.21. The van der Waals surface area contributed by atoms with E-state index in [-0.39, 0.29) is 18.4 Å². The van der Waals surface area contributed by atoms with Crippen molar-refractivity contribution in [3.8, 4) is 0 Å². The normalized spacial score (nSPS) is 18.2. The van der Waals surface area contributed by atoms with Crippen molar-refractivity contribution in [2.24, 2.45) is 11.7 Å². The molecule has 0 heterocycles. The van der Waals surface area contributed by atoms with Crippen LogP contribution >= 0.6 is 12.4 Å². The van der Waals surface area contributed by atoms with E-state index in [4.69, 9.17) is 5.73 Å². The molecule has 1 aromatic carbocycles. The molecule has 1 fully saturated rings. The Morgan fingerprint density at radius 2 is 1.81 bits per heavy atom. The number of hydrogen-bond donors (Lipinski definition) is 1. The highest BCUT2D eigenvalue weighted by Crippen LogP contribution is 2.35. The van der Waals surface area contributed by atoms with Gasteiger partial charge in [0, 0.05) is 6.04 Å². The van der Waals surface area contributed by atoms with Crippen LogP contribution in [0.3, 0.4) is 0 Å². The summed E-state index contributed by atoms with van der Waals surface area (Å²) in [5, 5.41) is 0. The second-order valence-corrected chi connectivity index (χ2v) is 4.93. The molecule has 2 rings (SSSR count). The van der Waals surface area contributed by atoms with Crippen molar-refractivity contribution in [2.45, 2.75) is 45.6 Å². The van der Waals surface area contributed by atoms with Crippen LogP contribution in [0, 0.1) is 19.8 Å². The van der Waals surface area contributed by atoms with E-state index < -0.39 is 0 Å². The summed E-state index contributed by atoms with van der Waals surface area (Å²) in [7, 11) is 0. The van der Waals surface area contributed by atoms with E-state index in [9.17, 15) is 0 Å². The lowest BCUT2D eigenvalue weighted by Crippen LogP contribution is -2.20. The maximum absolute atomic E-state index is 6.37. The van der Waals surface area contributed by atoms with E-state index in [2.05, 4.69) is 32.0 Å². The molecule has 1 saturated carbocycles. The predicted molar refractivity (Wildman–Crippen MR) is 72.1 cm³/mol. The van der Waals surface area contributed by atoms with Gasteiger partial charge in [-0.1, -0.05) is 36.6 Å². The number of nitrogens with two attached hydrogens (primary N) is 1. The van der Waals surface area contributed by atoms with Crippen molar-refractivity contribution < 1.29 is 0 Å². The van der Waals surface area contributed by atoms with E-state index in [1.54, 1.807) is 0 Å². The Labute approximate surface area is 105 Å². The Bertz CT molecular complexity index is 343. The zero-order chi connectivity index (χ0) is 10.8. The highest BCUT2D eigenvalue weighted by Gasteiger charge is 2.24. The number of benzene rings is 1. The molecule has 1 aromatic rings. The number of halogens is 1. The molecule has 0 saturated heterocycles. The van der Waals surface area contributed by atoms with Crippen molar-refractivity contribution in [2.75, 3.05) is 0 Å². The highest BCUT2D eigenvalue weighted by atomic mass is 35.5. The quantitative estimate of drug-likeness (QED) is 0.832. The fourth-order valence-corrected chi connectivity index (χ4v) is 2.69. The molecule has 1 aliphatic carbocycles. The first-order valence-electron chi connectivity index (χ1n) is 6.01. The van der Waals surface area contributed by atoms with Crippen LogP contribution in [0.15, 0.2) is 18.2 Å². The molecule has 0 aliphatic heterocycles. The lowest BCUT2D eigenvalue weighted by atomic mass is 9.89. The Balaban J connectivity index is 0.00000128. The van der Waals surface area contributed by atoms with Crippen LogP contribution < -0.4 is 5.73 Å². The molecule has 0 radical (unpaired) electrons. The summed E-state index contributed by atoms with van der Waals surface area (Å²) in [6.45, 7) is 4.31. The minimum absolute atomic E-state index is 0. The highest BCUT2D eigenvalue weighted by molar-refractivity contribution is 5.85. The summed E-state index contributed by atoms with van der Waals surface area (Å²) in [6.07, 6.45) is 5.36. The summed E-state index contributed by atoms with van der Waals surface area (Å²) < 4.78 is 0. The van der Waals surface area contributed by atoms with Gasteiger partial charge < -0.3 is 5.73 Å². The monoisotopic (exact) mass is 239 g/mol. The third kappa shape index (κ3) is 2.78. The zero-order valence-corrected chi connectivity index (χ0v) is 11.0. The molecule has 90 valence electrons. The molecule has 0 unspecified atom stereocenters. The van der Waals surface area contributed by atoms with Gasteiger partial charge in [-0.15, -0.1) is 12.4 Å². The number of rotatable bonds is 2. The van der Waals surface area contributed by atoms with Crippen LogP contribution in [-0.4, -0.2) is 0 Å². The van der Waals surface area contributed by atoms with Crippen molar-refractivity contribution in [1.29, 1.82) is 0 Å². The van der Waals surface area contributed by atoms with Crippen LogP contribution in [0.5, 0.6) is 0 Å². The first-order valence-corrected chi connectivity index (χ1v) is 6.01. The fourth-order valence-electron chi connectivity index (χ4n) is 2.69. The zero-order valence-electron chi connectivity index (χ0n) is 10.2. The largest absolute Gasteiger partial charge is 0.324 e. The molecular formula is C14H22ClN. The van der Waals surface area contributed by atoms with Crippen molar-refractivity contribution in [3.05, 3.63) is 34.9 Å². The molecule has 0 spiro atoms. The number of aryl methyl sites for hydroxylation is 2. The fraction of sp³-hybridized carbons (Fsp3) is 0.571. The van der Waals surface area contributed by atoms with Gasteiger partial charge in [0.15, 0.2) is 0 Å². The van der Waals surface area contributed by atoms with Gasteiger partial charge in [-0.25, -0.2) is 0 Å². The van der Waals surface area contributed by atoms with Crippen molar-refractivity contribution >= 4 is 12.4 Å². The summed E-state index contributed by atoms with van der Waals surface area (Å²) in [5.74, 6) is 0.713. The summed E-state index contributed by atoms with van der Waals surface area (Å²) >= 11 is 0. The van der Waals surface area contributed by atoms with Gasteiger partial charge in [0.05, 0.1) is 0 Å². The maximum atomic E-state index is 6.37. The Morgan fingerprint density at radius 3 is 2.44 bits per heavy atom. The number of hydrogen-bond acceptors (Lipinski definition) is 1. The van der Waals surface area contributed by atoms with Gasteiger partial charge in [-0.05, 0) is 43.7 Å². The van der Waals surface area contributed by atoms with Crippen LogP contribution in [0.25, 0.3) is 0 Å². The van der Waals surface area contributed by atoms with Crippen LogP contribution in [0.1, 0.15) is 48.4 Å². The van der Waals surface area contributed by atoms with Crippen LogP contribution in [0.4, 0.5) is 0 Å². The van der Waals surface area contributed by atoms with Crippen molar-refractivity contribution in [3.63, 3.8) is 0 Å². The second kappa shape index (κ2) is 5.70. The van der Waals surface area contributed by atoms with Gasteiger partial charge in [0.1, 0.15) is 0 Å². The van der Waals surface area contributed by atoms with E-state index in [1.165, 1.54) is 42.4 Å². The smallest absolute Gasteiger partial charge is 0.0326 e. The Kier molecular flexibility index (Phi) is 4.82. The topological polar surface area (TPSA) is 26.0 Å². The molecule has 0 aromatic heterocycles. The van der Waals surface area contributed by atoms with Gasteiger partial charge in [-0.2, -0.15) is 0 Å². The molecule has 0 bridgehead atoms. The molecule has 1 nitrogen and oxygen atoms in total. The Hall–Kier alpha value is -0.530. The SMILES string of the molecule is Cc1ccc(C)c([C@H](N)C2CCCC2)c1.Cl. The lowest BCUT2D eigenvalue weighted by molar-refractivity contribution is 0.443. The van der Waals surface area contributed by atoms with Gasteiger partial charge in [-0.3, -0.25) is 0 Å². The maximum Gasteiger partial charge on any atom is 0.0326 e. The van der Waals surface area contributed by atoms with Crippen LogP contribution in [-0.2, 0) is 0 Å². The average Bonchev–Trinajstić information content (AvgIpc) is 2.74. The molecule has 16 heavy (non-hydrogen) atoms. The summed E-state index contributed by atoms with van der Waals surface area (Å²) in [4.78, 5) is 0. The molecule has 2 N–H and O–H groups in total. The molecule has 2 heteroatoms. The van der Waals surface area contributed by atoms with E-state index >= 15 is 0 Å².